The van der Waals surface area contributed by atoms with Crippen LogP contribution in [0.4, 0.5) is 0 Å². The van der Waals surface area contributed by atoms with Gasteiger partial charge in [-0.1, -0.05) is 37.3 Å². The highest BCUT2D eigenvalue weighted by Gasteiger charge is 2.26. The van der Waals surface area contributed by atoms with E-state index in [-0.39, 0.29) is 18.0 Å². The monoisotopic (exact) mass is 382 g/mol. The number of benzene rings is 1. The molecule has 1 aliphatic rings. The summed E-state index contributed by atoms with van der Waals surface area (Å²) in [5, 5.41) is 0.686. The molecule has 3 aromatic rings. The Hall–Kier alpha value is -2.47. The number of carbonyl (C=O) groups is 1. The molecule has 0 spiro atoms. The van der Waals surface area contributed by atoms with Crippen LogP contribution in [-0.2, 0) is 24.1 Å². The van der Waals surface area contributed by atoms with E-state index in [2.05, 4.69) is 11.9 Å². The molecule has 1 atom stereocenters. The van der Waals surface area contributed by atoms with Crippen molar-refractivity contribution >= 4 is 27.5 Å². The van der Waals surface area contributed by atoms with Crippen LogP contribution in [0.2, 0.25) is 0 Å². The molecule has 0 saturated heterocycles. The third-order valence-electron chi connectivity index (χ3n) is 5.06. The molecule has 0 aliphatic heterocycles. The summed E-state index contributed by atoms with van der Waals surface area (Å²) in [7, 11) is 0. The minimum absolute atomic E-state index is 0.0878. The van der Waals surface area contributed by atoms with Gasteiger partial charge in [-0.25, -0.2) is 9.78 Å². The van der Waals surface area contributed by atoms with Gasteiger partial charge >= 0.3 is 5.97 Å². The van der Waals surface area contributed by atoms with Crippen molar-refractivity contribution in [3.05, 3.63) is 62.5 Å². The Morgan fingerprint density at radius 3 is 2.85 bits per heavy atom. The van der Waals surface area contributed by atoms with E-state index >= 15 is 0 Å². The zero-order valence-electron chi connectivity index (χ0n) is 15.5. The van der Waals surface area contributed by atoms with Gasteiger partial charge in [-0.3, -0.25) is 9.36 Å². The quantitative estimate of drug-likeness (QED) is 0.644. The molecule has 4 rings (SSSR count). The minimum Gasteiger partial charge on any atom is -0.460 e. The van der Waals surface area contributed by atoms with Gasteiger partial charge in [-0.05, 0) is 43.2 Å². The maximum absolute atomic E-state index is 13.4. The number of aromatic nitrogens is 2. The fraction of sp³-hybridized carbons (Fsp3) is 0.381. The van der Waals surface area contributed by atoms with Gasteiger partial charge < -0.3 is 4.74 Å². The Morgan fingerprint density at radius 1 is 1.33 bits per heavy atom. The fourth-order valence-corrected chi connectivity index (χ4v) is 5.06. The molecule has 1 aromatic carbocycles. The number of hydrogen-bond acceptors (Lipinski definition) is 5. The van der Waals surface area contributed by atoms with Crippen molar-refractivity contribution in [2.24, 2.45) is 5.92 Å². The molecule has 0 radical (unpaired) electrons. The molecule has 6 heteroatoms. The summed E-state index contributed by atoms with van der Waals surface area (Å²) >= 11 is 1.55. The van der Waals surface area contributed by atoms with Crippen LogP contribution in [0.15, 0.2) is 35.1 Å². The van der Waals surface area contributed by atoms with Crippen molar-refractivity contribution in [2.75, 3.05) is 6.61 Å². The second-order valence-corrected chi connectivity index (χ2v) is 8.15. The molecular weight excluding hydrogens is 360 g/mol. The first-order valence-corrected chi connectivity index (χ1v) is 10.2. The van der Waals surface area contributed by atoms with Crippen molar-refractivity contribution < 1.29 is 9.53 Å². The van der Waals surface area contributed by atoms with E-state index in [4.69, 9.17) is 4.74 Å². The molecule has 2 aromatic heterocycles. The van der Waals surface area contributed by atoms with Gasteiger partial charge in [-0.2, -0.15) is 0 Å². The van der Waals surface area contributed by atoms with Crippen molar-refractivity contribution in [3.63, 3.8) is 0 Å². The third kappa shape index (κ3) is 3.30. The number of esters is 1. The number of thiophene rings is 1. The van der Waals surface area contributed by atoms with Crippen LogP contribution in [0.25, 0.3) is 10.2 Å². The number of nitrogens with zero attached hydrogens (tertiary/aromatic N) is 2. The zero-order chi connectivity index (χ0) is 19.0. The van der Waals surface area contributed by atoms with E-state index in [1.165, 1.54) is 9.44 Å². The van der Waals surface area contributed by atoms with Crippen molar-refractivity contribution in [2.45, 2.75) is 39.7 Å². The lowest BCUT2D eigenvalue weighted by molar-refractivity contribution is 0.0505. The Kier molecular flexibility index (Phi) is 4.83. The number of ether oxygens (including phenoxy) is 1. The Balaban J connectivity index is 1.92. The second kappa shape index (κ2) is 7.27. The molecule has 0 fully saturated rings. The van der Waals surface area contributed by atoms with Gasteiger partial charge in [0.1, 0.15) is 4.83 Å². The predicted molar refractivity (Wildman–Crippen MR) is 107 cm³/mol. The SMILES string of the molecule is CCOC(=O)c1nc2sc3c(c2c(=O)n1Cc1ccccc1)CC[C@@H](C)C3. The molecular formula is C21H22N2O3S. The molecule has 140 valence electrons. The number of aryl methyl sites for hydroxylation is 1. The smallest absolute Gasteiger partial charge is 0.374 e. The van der Waals surface area contributed by atoms with E-state index in [1.54, 1.807) is 18.3 Å². The summed E-state index contributed by atoms with van der Waals surface area (Å²) in [6, 6.07) is 9.65. The van der Waals surface area contributed by atoms with E-state index in [9.17, 15) is 9.59 Å². The molecule has 5 nitrogen and oxygen atoms in total. The second-order valence-electron chi connectivity index (χ2n) is 7.06. The summed E-state index contributed by atoms with van der Waals surface area (Å²) in [6.45, 7) is 4.54. The normalized spacial score (nSPS) is 16.3. The average molecular weight is 382 g/mol. The predicted octanol–water partition coefficient (Wildman–Crippen LogP) is 3.81. The van der Waals surface area contributed by atoms with E-state index in [0.29, 0.717) is 22.7 Å². The number of fused-ring (bicyclic) bond motifs is 3. The standard InChI is InChI=1S/C21H22N2O3S/c1-3-26-21(25)18-22-19-17(15-10-9-13(2)11-16(15)27-19)20(24)23(18)12-14-7-5-4-6-8-14/h4-8,13H,3,9-12H2,1-2H3/t13-/m1/s1. The van der Waals surface area contributed by atoms with E-state index < -0.39 is 5.97 Å². The van der Waals surface area contributed by atoms with Gasteiger partial charge in [0.05, 0.1) is 18.5 Å². The minimum atomic E-state index is -0.549. The highest BCUT2D eigenvalue weighted by Crippen LogP contribution is 2.35. The lowest BCUT2D eigenvalue weighted by Gasteiger charge is -2.17. The molecule has 0 amide bonds. The largest absolute Gasteiger partial charge is 0.460 e. The maximum atomic E-state index is 13.4. The van der Waals surface area contributed by atoms with Crippen LogP contribution in [0, 0.1) is 5.92 Å². The number of carbonyl (C=O) groups excluding carboxylic acids is 1. The maximum Gasteiger partial charge on any atom is 0.374 e. The van der Waals surface area contributed by atoms with Gasteiger partial charge in [0.25, 0.3) is 5.56 Å². The van der Waals surface area contributed by atoms with Gasteiger partial charge in [0.15, 0.2) is 0 Å². The summed E-state index contributed by atoms with van der Waals surface area (Å²) < 4.78 is 6.65. The van der Waals surface area contributed by atoms with Crippen LogP contribution >= 0.6 is 11.3 Å². The number of hydrogen-bond donors (Lipinski definition) is 0. The van der Waals surface area contributed by atoms with E-state index in [1.807, 2.05) is 30.3 Å². The number of rotatable bonds is 4. The molecule has 1 aliphatic carbocycles. The molecule has 0 saturated carbocycles. The first kappa shape index (κ1) is 17.9. The Morgan fingerprint density at radius 2 is 2.11 bits per heavy atom. The van der Waals surface area contributed by atoms with Crippen molar-refractivity contribution in [3.8, 4) is 0 Å². The van der Waals surface area contributed by atoms with E-state index in [0.717, 1.165) is 30.4 Å². The summed E-state index contributed by atoms with van der Waals surface area (Å²) in [4.78, 5) is 32.4. The fourth-order valence-electron chi connectivity index (χ4n) is 3.69. The third-order valence-corrected chi connectivity index (χ3v) is 6.20. The summed E-state index contributed by atoms with van der Waals surface area (Å²) in [5.41, 5.74) is 1.94. The van der Waals surface area contributed by atoms with Crippen LogP contribution in [0.1, 0.15) is 46.9 Å². The first-order chi connectivity index (χ1) is 13.1. The van der Waals surface area contributed by atoms with Crippen molar-refractivity contribution in [1.29, 1.82) is 0 Å². The molecule has 0 N–H and O–H groups in total. The van der Waals surface area contributed by atoms with Crippen LogP contribution in [0.3, 0.4) is 0 Å². The molecule has 0 unspecified atom stereocenters. The highest BCUT2D eigenvalue weighted by atomic mass is 32.1. The average Bonchev–Trinajstić information content (AvgIpc) is 3.02. The molecule has 27 heavy (non-hydrogen) atoms. The van der Waals surface area contributed by atoms with Gasteiger partial charge in [0.2, 0.25) is 5.82 Å². The van der Waals surface area contributed by atoms with Gasteiger partial charge in [-0.15, -0.1) is 11.3 Å². The summed E-state index contributed by atoms with van der Waals surface area (Å²) in [6.07, 6.45) is 2.96. The first-order valence-electron chi connectivity index (χ1n) is 9.34. The van der Waals surface area contributed by atoms with Crippen molar-refractivity contribution in [1.82, 2.24) is 9.55 Å². The zero-order valence-corrected chi connectivity index (χ0v) is 16.3. The summed E-state index contributed by atoms with van der Waals surface area (Å²) in [5.74, 6) is 0.152. The molecule has 2 heterocycles. The highest BCUT2D eigenvalue weighted by molar-refractivity contribution is 7.18. The topological polar surface area (TPSA) is 61.2 Å². The lowest BCUT2D eigenvalue weighted by atomic mass is 9.89. The Labute approximate surface area is 161 Å². The van der Waals surface area contributed by atoms with Gasteiger partial charge in [0, 0.05) is 4.88 Å². The lowest BCUT2D eigenvalue weighted by Crippen LogP contribution is -2.29. The van der Waals surface area contributed by atoms with Crippen LogP contribution in [-0.4, -0.2) is 22.1 Å². The molecule has 0 bridgehead atoms. The van der Waals surface area contributed by atoms with Crippen LogP contribution < -0.4 is 5.56 Å². The Bertz CT molecular complexity index is 1050. The van der Waals surface area contributed by atoms with Crippen LogP contribution in [0.5, 0.6) is 0 Å².